The minimum atomic E-state index is -0.159. The molecule has 176 valence electrons. The lowest BCUT2D eigenvalue weighted by Gasteiger charge is -2.16. The second-order valence-electron chi connectivity index (χ2n) is 8.03. The van der Waals surface area contributed by atoms with E-state index in [4.69, 9.17) is 14.2 Å². The molecular weight excluding hydrogens is 418 g/mol. The maximum absolute atomic E-state index is 12.4. The molecule has 3 rings (SSSR count). The zero-order valence-corrected chi connectivity index (χ0v) is 20.1. The van der Waals surface area contributed by atoms with Crippen LogP contribution in [-0.2, 0) is 11.3 Å². The van der Waals surface area contributed by atoms with Crippen molar-refractivity contribution >= 4 is 22.9 Å². The van der Waals surface area contributed by atoms with Gasteiger partial charge in [-0.3, -0.25) is 4.79 Å². The molecule has 1 heterocycles. The van der Waals surface area contributed by atoms with Gasteiger partial charge in [0.2, 0.25) is 11.7 Å². The van der Waals surface area contributed by atoms with E-state index in [1.165, 1.54) is 22.7 Å². The smallest absolute Gasteiger partial charge is 0.244 e. The molecular formula is C26H33N3O4. The van der Waals surface area contributed by atoms with Gasteiger partial charge < -0.3 is 29.0 Å². The number of benzene rings is 2. The van der Waals surface area contributed by atoms with Gasteiger partial charge in [0.1, 0.15) is 6.61 Å². The number of rotatable bonds is 11. The lowest BCUT2D eigenvalue weighted by atomic mass is 10.1. The number of nitrogens with zero attached hydrogens (tertiary/aromatic N) is 2. The predicted octanol–water partition coefficient (Wildman–Crippen LogP) is 3.74. The Balaban J connectivity index is 1.62. The summed E-state index contributed by atoms with van der Waals surface area (Å²) < 4.78 is 19.1. The minimum Gasteiger partial charge on any atom is -0.493 e. The topological polar surface area (TPSA) is 65.0 Å². The molecule has 0 atom stereocenters. The molecule has 2 aromatic carbocycles. The first-order chi connectivity index (χ1) is 15.9. The van der Waals surface area contributed by atoms with Crippen LogP contribution < -0.4 is 19.5 Å². The fourth-order valence-electron chi connectivity index (χ4n) is 3.64. The highest BCUT2D eigenvalue weighted by Gasteiger charge is 2.14. The fraction of sp³-hybridized carbons (Fsp3) is 0.346. The summed E-state index contributed by atoms with van der Waals surface area (Å²) in [6.45, 7) is 4.60. The van der Waals surface area contributed by atoms with Crippen LogP contribution in [0, 0.1) is 6.92 Å². The van der Waals surface area contributed by atoms with Crippen molar-refractivity contribution < 1.29 is 19.0 Å². The molecule has 0 aliphatic carbocycles. The standard InChI is InChI=1S/C26H33N3O4/c1-19-16-21-8-6-7-9-22(21)29(19)13-12-27-25(30)11-10-20-17-23(31-4)26(24(18-20)32-5)33-15-14-28(2)3/h6-11,16-18H,12-15H2,1-5H3,(H,27,30)/b11-10+. The Morgan fingerprint density at radius 3 is 2.45 bits per heavy atom. The number of nitrogens with one attached hydrogen (secondary N) is 1. The van der Waals surface area contributed by atoms with Gasteiger partial charge in [0.15, 0.2) is 11.5 Å². The lowest BCUT2D eigenvalue weighted by Crippen LogP contribution is -2.25. The molecule has 0 aliphatic rings. The van der Waals surface area contributed by atoms with Crippen LogP contribution in [0.25, 0.3) is 17.0 Å². The Kier molecular flexibility index (Phi) is 8.38. The third kappa shape index (κ3) is 6.29. The van der Waals surface area contributed by atoms with Gasteiger partial charge >= 0.3 is 0 Å². The van der Waals surface area contributed by atoms with Crippen LogP contribution >= 0.6 is 0 Å². The lowest BCUT2D eigenvalue weighted by molar-refractivity contribution is -0.116. The number of hydrogen-bond acceptors (Lipinski definition) is 5. The Morgan fingerprint density at radius 1 is 1.09 bits per heavy atom. The molecule has 0 bridgehead atoms. The summed E-state index contributed by atoms with van der Waals surface area (Å²) in [4.78, 5) is 14.4. The highest BCUT2D eigenvalue weighted by atomic mass is 16.5. The molecule has 1 aromatic heterocycles. The maximum Gasteiger partial charge on any atom is 0.244 e. The summed E-state index contributed by atoms with van der Waals surface area (Å²) in [7, 11) is 7.14. The van der Waals surface area contributed by atoms with Crippen molar-refractivity contribution in [3.05, 3.63) is 59.8 Å². The molecule has 1 N–H and O–H groups in total. The molecule has 1 amide bonds. The van der Waals surface area contributed by atoms with E-state index in [2.05, 4.69) is 35.0 Å². The van der Waals surface area contributed by atoms with Crippen LogP contribution in [0.1, 0.15) is 11.3 Å². The first-order valence-corrected chi connectivity index (χ1v) is 11.0. The number of hydrogen-bond donors (Lipinski definition) is 1. The Bertz CT molecular complexity index is 1090. The van der Waals surface area contributed by atoms with E-state index in [0.29, 0.717) is 36.9 Å². The maximum atomic E-state index is 12.4. The summed E-state index contributed by atoms with van der Waals surface area (Å²) in [6.07, 6.45) is 3.25. The van der Waals surface area contributed by atoms with Gasteiger partial charge in [0, 0.05) is 36.9 Å². The number of methoxy groups -OCH3 is 2. The molecule has 0 radical (unpaired) electrons. The molecule has 0 unspecified atom stereocenters. The van der Waals surface area contributed by atoms with E-state index in [-0.39, 0.29) is 5.91 Å². The number of aryl methyl sites for hydroxylation is 1. The average Bonchev–Trinajstić information content (AvgIpc) is 3.12. The number of carbonyl (C=O) groups is 1. The third-order valence-corrected chi connectivity index (χ3v) is 5.35. The molecule has 0 saturated heterocycles. The van der Waals surface area contributed by atoms with Crippen molar-refractivity contribution in [2.24, 2.45) is 0 Å². The van der Waals surface area contributed by atoms with E-state index >= 15 is 0 Å². The molecule has 0 aliphatic heterocycles. The van der Waals surface area contributed by atoms with Gasteiger partial charge in [0.25, 0.3) is 0 Å². The zero-order valence-electron chi connectivity index (χ0n) is 20.1. The van der Waals surface area contributed by atoms with Crippen molar-refractivity contribution in [2.45, 2.75) is 13.5 Å². The third-order valence-electron chi connectivity index (χ3n) is 5.35. The molecule has 0 spiro atoms. The fourth-order valence-corrected chi connectivity index (χ4v) is 3.64. The second-order valence-corrected chi connectivity index (χ2v) is 8.03. The van der Waals surface area contributed by atoms with E-state index < -0.39 is 0 Å². The van der Waals surface area contributed by atoms with Gasteiger partial charge in [-0.25, -0.2) is 0 Å². The number of likely N-dealkylation sites (N-methyl/N-ethyl adjacent to an activating group) is 1. The molecule has 7 nitrogen and oxygen atoms in total. The van der Waals surface area contributed by atoms with E-state index in [9.17, 15) is 4.79 Å². The van der Waals surface area contributed by atoms with Gasteiger partial charge in [-0.15, -0.1) is 0 Å². The van der Waals surface area contributed by atoms with Crippen LogP contribution in [0.2, 0.25) is 0 Å². The SMILES string of the molecule is COc1cc(/C=C/C(=O)NCCn2c(C)cc3ccccc32)cc(OC)c1OCCN(C)C. The van der Waals surface area contributed by atoms with Crippen LogP contribution in [0.3, 0.4) is 0 Å². The van der Waals surface area contributed by atoms with Crippen LogP contribution in [0.4, 0.5) is 0 Å². The summed E-state index contributed by atoms with van der Waals surface area (Å²) in [5, 5.41) is 4.16. The van der Waals surface area contributed by atoms with Gasteiger partial charge in [-0.1, -0.05) is 18.2 Å². The highest BCUT2D eigenvalue weighted by molar-refractivity contribution is 5.92. The number of carbonyl (C=O) groups excluding carboxylic acids is 1. The molecule has 0 saturated carbocycles. The molecule has 7 heteroatoms. The predicted molar refractivity (Wildman–Crippen MR) is 132 cm³/mol. The van der Waals surface area contributed by atoms with Crippen molar-refractivity contribution in [2.75, 3.05) is 48.0 Å². The molecule has 33 heavy (non-hydrogen) atoms. The second kappa shape index (κ2) is 11.4. The summed E-state index contributed by atoms with van der Waals surface area (Å²) in [5.41, 5.74) is 3.13. The number of aromatic nitrogens is 1. The Morgan fingerprint density at radius 2 is 1.79 bits per heavy atom. The van der Waals surface area contributed by atoms with Gasteiger partial charge in [-0.05, 0) is 62.3 Å². The number of fused-ring (bicyclic) bond motifs is 1. The quantitative estimate of drug-likeness (QED) is 0.450. The van der Waals surface area contributed by atoms with Crippen molar-refractivity contribution in [3.63, 3.8) is 0 Å². The van der Waals surface area contributed by atoms with E-state index in [0.717, 1.165) is 12.1 Å². The normalized spacial score (nSPS) is 11.3. The van der Waals surface area contributed by atoms with E-state index in [1.54, 1.807) is 20.3 Å². The van der Waals surface area contributed by atoms with Crippen molar-refractivity contribution in [1.29, 1.82) is 0 Å². The Labute approximate surface area is 195 Å². The molecule has 3 aromatic rings. The average molecular weight is 452 g/mol. The zero-order chi connectivity index (χ0) is 23.8. The Hall–Kier alpha value is -3.45. The summed E-state index contributed by atoms with van der Waals surface area (Å²) >= 11 is 0. The first kappa shape index (κ1) is 24.2. The summed E-state index contributed by atoms with van der Waals surface area (Å²) in [5.74, 6) is 1.51. The number of para-hydroxylation sites is 1. The molecule has 0 fully saturated rings. The van der Waals surface area contributed by atoms with Crippen LogP contribution in [-0.4, -0.2) is 63.4 Å². The number of amides is 1. The van der Waals surface area contributed by atoms with Crippen molar-refractivity contribution in [3.8, 4) is 17.2 Å². The summed E-state index contributed by atoms with van der Waals surface area (Å²) in [6, 6.07) is 14.1. The number of ether oxygens (including phenoxy) is 3. The highest BCUT2D eigenvalue weighted by Crippen LogP contribution is 2.38. The largest absolute Gasteiger partial charge is 0.493 e. The van der Waals surface area contributed by atoms with Gasteiger partial charge in [0.05, 0.1) is 14.2 Å². The first-order valence-electron chi connectivity index (χ1n) is 11.0. The van der Waals surface area contributed by atoms with E-state index in [1.807, 2.05) is 43.3 Å². The van der Waals surface area contributed by atoms with Gasteiger partial charge in [-0.2, -0.15) is 0 Å². The van der Waals surface area contributed by atoms with Crippen LogP contribution in [0.5, 0.6) is 17.2 Å². The van der Waals surface area contributed by atoms with Crippen molar-refractivity contribution in [1.82, 2.24) is 14.8 Å². The monoisotopic (exact) mass is 451 g/mol. The minimum absolute atomic E-state index is 0.159. The van der Waals surface area contributed by atoms with Crippen LogP contribution in [0.15, 0.2) is 48.5 Å².